The number of hydrogen-bond donors (Lipinski definition) is 0. The normalized spacial score (nSPS) is 19.7. The highest BCUT2D eigenvalue weighted by Crippen LogP contribution is 2.31. The summed E-state index contributed by atoms with van der Waals surface area (Å²) in [5.74, 6) is -0.950. The number of ketones is 2. The quantitative estimate of drug-likeness (QED) is 0.589. The van der Waals surface area contributed by atoms with Crippen LogP contribution in [0.25, 0.3) is 5.57 Å². The zero-order chi connectivity index (χ0) is 25.0. The van der Waals surface area contributed by atoms with Gasteiger partial charge in [0.25, 0.3) is 0 Å². The Hall–Kier alpha value is -2.88. The molecule has 8 heteroatoms. The molecule has 0 saturated carbocycles. The van der Waals surface area contributed by atoms with E-state index in [2.05, 4.69) is 4.90 Å². The Morgan fingerprint density at radius 2 is 1.03 bits per heavy atom. The van der Waals surface area contributed by atoms with Crippen LogP contribution < -0.4 is 4.90 Å². The summed E-state index contributed by atoms with van der Waals surface area (Å²) in [7, 11) is 0. The summed E-state index contributed by atoms with van der Waals surface area (Å²) >= 11 is 0. The van der Waals surface area contributed by atoms with Crippen molar-refractivity contribution >= 4 is 22.8 Å². The predicted octanol–water partition coefficient (Wildman–Crippen LogP) is 2.79. The molecular weight excluding hydrogens is 462 g/mol. The summed E-state index contributed by atoms with van der Waals surface area (Å²) in [5.41, 5.74) is 3.91. The van der Waals surface area contributed by atoms with Crippen molar-refractivity contribution in [3.05, 3.63) is 71.3 Å². The number of carbonyl (C=O) groups excluding carboxylic acids is 2. The van der Waals surface area contributed by atoms with Gasteiger partial charge in [-0.15, -0.1) is 0 Å². The summed E-state index contributed by atoms with van der Waals surface area (Å²) in [6, 6.07) is 15.3. The molecule has 0 atom stereocenters. The van der Waals surface area contributed by atoms with Gasteiger partial charge in [0.2, 0.25) is 11.6 Å². The maximum atomic E-state index is 12.3. The van der Waals surface area contributed by atoms with Gasteiger partial charge in [-0.05, 0) is 34.9 Å². The zero-order valence-electron chi connectivity index (χ0n) is 20.5. The number of ether oxygens (including phenoxy) is 5. The third kappa shape index (κ3) is 7.32. The Morgan fingerprint density at radius 3 is 1.56 bits per heavy atom. The number of Topliss-reactive ketones (excluding diaryl/α,β-unsaturated/α-hetero) is 1. The minimum Gasteiger partial charge on any atom is -0.377 e. The number of allylic oxidation sites excluding steroid dienone is 1. The lowest BCUT2D eigenvalue weighted by Crippen LogP contribution is -2.31. The minimum atomic E-state index is -0.491. The van der Waals surface area contributed by atoms with Crippen molar-refractivity contribution in [2.24, 2.45) is 0 Å². The second kappa shape index (κ2) is 14.0. The smallest absolute Gasteiger partial charge is 0.233 e. The molecular formula is C28H33NO7. The molecule has 1 saturated heterocycles. The predicted molar refractivity (Wildman–Crippen MR) is 136 cm³/mol. The Kier molecular flexibility index (Phi) is 10.2. The fourth-order valence-corrected chi connectivity index (χ4v) is 4.11. The Bertz CT molecular complexity index is 1020. The van der Waals surface area contributed by atoms with Crippen LogP contribution in [0.4, 0.5) is 5.69 Å². The molecule has 4 rings (SSSR count). The van der Waals surface area contributed by atoms with Gasteiger partial charge in [-0.2, -0.15) is 0 Å². The van der Waals surface area contributed by atoms with E-state index in [0.29, 0.717) is 84.7 Å². The van der Waals surface area contributed by atoms with E-state index in [1.807, 2.05) is 36.4 Å². The van der Waals surface area contributed by atoms with E-state index in [-0.39, 0.29) is 0 Å². The number of fused-ring (bicyclic) bond motifs is 1. The molecule has 1 heterocycles. The van der Waals surface area contributed by atoms with Gasteiger partial charge in [0.05, 0.1) is 66.1 Å². The molecule has 2 aromatic carbocycles. The molecule has 192 valence electrons. The highest BCUT2D eigenvalue weighted by atomic mass is 16.6. The van der Waals surface area contributed by atoms with Crippen molar-refractivity contribution in [1.82, 2.24) is 0 Å². The van der Waals surface area contributed by atoms with Gasteiger partial charge in [0.15, 0.2) is 0 Å². The van der Waals surface area contributed by atoms with E-state index < -0.39 is 11.6 Å². The van der Waals surface area contributed by atoms with Crippen LogP contribution in [-0.2, 0) is 28.5 Å². The van der Waals surface area contributed by atoms with Crippen LogP contribution in [0.1, 0.15) is 21.5 Å². The first kappa shape index (κ1) is 26.2. The highest BCUT2D eigenvalue weighted by Gasteiger charge is 2.26. The summed E-state index contributed by atoms with van der Waals surface area (Å²) in [6.07, 6.45) is 1.44. The number of benzene rings is 2. The van der Waals surface area contributed by atoms with Crippen molar-refractivity contribution in [1.29, 1.82) is 0 Å². The average Bonchev–Trinajstić information content (AvgIpc) is 2.91. The summed E-state index contributed by atoms with van der Waals surface area (Å²) in [6.45, 7) is 6.73. The summed E-state index contributed by atoms with van der Waals surface area (Å²) in [4.78, 5) is 26.8. The van der Waals surface area contributed by atoms with E-state index in [1.165, 1.54) is 6.08 Å². The second-order valence-corrected chi connectivity index (χ2v) is 8.39. The van der Waals surface area contributed by atoms with Gasteiger partial charge in [-0.3, -0.25) is 9.59 Å². The monoisotopic (exact) mass is 495 g/mol. The molecule has 0 aromatic heterocycles. The number of anilines is 1. The molecule has 0 unspecified atom stereocenters. The van der Waals surface area contributed by atoms with Gasteiger partial charge in [0, 0.05) is 24.3 Å². The van der Waals surface area contributed by atoms with Gasteiger partial charge in [0.1, 0.15) is 0 Å². The fourth-order valence-electron chi connectivity index (χ4n) is 4.11. The first-order valence-electron chi connectivity index (χ1n) is 12.4. The molecule has 0 spiro atoms. The molecule has 8 nitrogen and oxygen atoms in total. The fraction of sp³-hybridized carbons (Fsp3) is 0.429. The van der Waals surface area contributed by atoms with Crippen molar-refractivity contribution in [2.75, 3.05) is 84.1 Å². The number of carbonyl (C=O) groups is 2. The molecule has 1 fully saturated rings. The van der Waals surface area contributed by atoms with Crippen molar-refractivity contribution in [2.45, 2.75) is 0 Å². The van der Waals surface area contributed by atoms with Crippen LogP contribution in [0, 0.1) is 0 Å². The first-order valence-corrected chi connectivity index (χ1v) is 12.4. The Balaban J connectivity index is 1.42. The number of hydrogen-bond acceptors (Lipinski definition) is 8. The minimum absolute atomic E-state index is 0.450. The average molecular weight is 496 g/mol. The second-order valence-electron chi connectivity index (χ2n) is 8.39. The molecule has 1 aliphatic carbocycles. The maximum absolute atomic E-state index is 12.3. The SMILES string of the molecule is O=C1C=C(c2ccc(N3CCOCCOCCOCCOCCOCC3)cc2)c2ccccc2C1=O. The van der Waals surface area contributed by atoms with Crippen LogP contribution in [-0.4, -0.2) is 90.7 Å². The number of nitrogens with zero attached hydrogens (tertiary/aromatic N) is 1. The largest absolute Gasteiger partial charge is 0.377 e. The van der Waals surface area contributed by atoms with E-state index in [9.17, 15) is 9.59 Å². The van der Waals surface area contributed by atoms with Crippen LogP contribution in [0.15, 0.2) is 54.6 Å². The van der Waals surface area contributed by atoms with Crippen molar-refractivity contribution in [3.63, 3.8) is 0 Å². The standard InChI is InChI=1S/C28H33NO7/c30-27-21-26(24-3-1-2-4-25(24)28(27)31)22-5-7-23(8-6-22)29-9-11-32-13-15-34-17-19-36-20-18-35-16-14-33-12-10-29/h1-8,21H,9-20H2. The highest BCUT2D eigenvalue weighted by molar-refractivity contribution is 6.51. The van der Waals surface area contributed by atoms with Crippen LogP contribution in [0.3, 0.4) is 0 Å². The van der Waals surface area contributed by atoms with Crippen molar-refractivity contribution in [3.8, 4) is 0 Å². The molecule has 2 aliphatic rings. The van der Waals surface area contributed by atoms with Gasteiger partial charge in [-0.25, -0.2) is 0 Å². The molecule has 0 bridgehead atoms. The topological polar surface area (TPSA) is 83.5 Å². The van der Waals surface area contributed by atoms with Crippen LogP contribution in [0.5, 0.6) is 0 Å². The molecule has 0 amide bonds. The summed E-state index contributed by atoms with van der Waals surface area (Å²) in [5, 5.41) is 0. The van der Waals surface area contributed by atoms with E-state index in [4.69, 9.17) is 23.7 Å². The van der Waals surface area contributed by atoms with Crippen molar-refractivity contribution < 1.29 is 33.3 Å². The third-order valence-electron chi connectivity index (χ3n) is 6.00. The van der Waals surface area contributed by atoms with Crippen LogP contribution >= 0.6 is 0 Å². The lowest BCUT2D eigenvalue weighted by Gasteiger charge is -2.25. The molecule has 0 radical (unpaired) electrons. The first-order chi connectivity index (χ1) is 17.7. The van der Waals surface area contributed by atoms with E-state index in [0.717, 1.165) is 22.4 Å². The van der Waals surface area contributed by atoms with Crippen LogP contribution in [0.2, 0.25) is 0 Å². The molecule has 0 N–H and O–H groups in total. The maximum Gasteiger partial charge on any atom is 0.233 e. The third-order valence-corrected chi connectivity index (χ3v) is 6.00. The van der Waals surface area contributed by atoms with Gasteiger partial charge >= 0.3 is 0 Å². The summed E-state index contributed by atoms with van der Waals surface area (Å²) < 4.78 is 28.0. The lowest BCUT2D eigenvalue weighted by atomic mass is 9.86. The molecule has 36 heavy (non-hydrogen) atoms. The molecule has 2 aromatic rings. The van der Waals surface area contributed by atoms with E-state index >= 15 is 0 Å². The number of rotatable bonds is 2. The van der Waals surface area contributed by atoms with Gasteiger partial charge in [-0.1, -0.05) is 36.4 Å². The van der Waals surface area contributed by atoms with Gasteiger partial charge < -0.3 is 28.6 Å². The Labute approximate surface area is 211 Å². The Morgan fingerprint density at radius 1 is 0.556 bits per heavy atom. The molecule has 1 aliphatic heterocycles. The van der Waals surface area contributed by atoms with E-state index in [1.54, 1.807) is 12.1 Å². The lowest BCUT2D eigenvalue weighted by molar-refractivity contribution is -0.111. The zero-order valence-corrected chi connectivity index (χ0v) is 20.5.